The Labute approximate surface area is 107 Å². The Bertz CT molecular complexity index is 187. The maximum atomic E-state index is 10.6. The molecule has 0 aliphatic heterocycles. The van der Waals surface area contributed by atoms with E-state index in [0.717, 1.165) is 18.8 Å². The lowest BCUT2D eigenvalue weighted by Gasteiger charge is -2.06. The molecular weight excluding hydrogens is 212 g/mol. The summed E-state index contributed by atoms with van der Waals surface area (Å²) >= 11 is 0. The number of unbranched alkanes of at least 4 members (excludes halogenated alkanes) is 6. The van der Waals surface area contributed by atoms with E-state index in [-0.39, 0.29) is 5.92 Å². The molecular formula is C15H30O2. The van der Waals surface area contributed by atoms with Gasteiger partial charge in [-0.3, -0.25) is 4.79 Å². The molecule has 0 saturated carbocycles. The molecule has 0 radical (unpaired) electrons. The molecule has 0 aromatic heterocycles. The van der Waals surface area contributed by atoms with Gasteiger partial charge < -0.3 is 5.11 Å². The van der Waals surface area contributed by atoms with Crippen LogP contribution in [0.25, 0.3) is 0 Å². The van der Waals surface area contributed by atoms with Gasteiger partial charge in [-0.25, -0.2) is 0 Å². The Morgan fingerprint density at radius 2 is 1.24 bits per heavy atom. The van der Waals surface area contributed by atoms with E-state index in [9.17, 15) is 4.79 Å². The molecule has 0 aliphatic rings. The van der Waals surface area contributed by atoms with Crippen molar-refractivity contribution in [3.05, 3.63) is 0 Å². The normalized spacial score (nSPS) is 12.9. The van der Waals surface area contributed by atoms with Crippen LogP contribution in [0.2, 0.25) is 0 Å². The van der Waals surface area contributed by atoms with Crippen molar-refractivity contribution < 1.29 is 9.90 Å². The average molecular weight is 242 g/mol. The molecule has 102 valence electrons. The van der Waals surface area contributed by atoms with Crippen molar-refractivity contribution in [3.63, 3.8) is 0 Å². The van der Waals surface area contributed by atoms with Crippen molar-refractivity contribution in [1.82, 2.24) is 0 Å². The first-order valence-electron chi connectivity index (χ1n) is 7.26. The number of hydrogen-bond acceptors (Lipinski definition) is 1. The van der Waals surface area contributed by atoms with Crippen molar-refractivity contribution in [1.29, 1.82) is 0 Å². The van der Waals surface area contributed by atoms with Gasteiger partial charge in [0, 0.05) is 0 Å². The molecule has 2 heteroatoms. The summed E-state index contributed by atoms with van der Waals surface area (Å²) in [5, 5.41) is 8.73. The second-order valence-electron chi connectivity index (χ2n) is 5.69. The predicted octanol–water partition coefficient (Wildman–Crippen LogP) is 4.87. The van der Waals surface area contributed by atoms with E-state index < -0.39 is 5.97 Å². The SMILES string of the molecule is CC(C)CCCCCCCCCC(C)C(=O)O. The molecule has 1 atom stereocenters. The molecule has 2 nitrogen and oxygen atoms in total. The molecule has 1 N–H and O–H groups in total. The lowest BCUT2D eigenvalue weighted by atomic mass is 10.0. The van der Waals surface area contributed by atoms with Crippen LogP contribution < -0.4 is 0 Å². The highest BCUT2D eigenvalue weighted by molar-refractivity contribution is 5.69. The van der Waals surface area contributed by atoms with Crippen LogP contribution in [0.15, 0.2) is 0 Å². The second-order valence-corrected chi connectivity index (χ2v) is 5.69. The first kappa shape index (κ1) is 16.5. The number of hydrogen-bond donors (Lipinski definition) is 1. The lowest BCUT2D eigenvalue weighted by Crippen LogP contribution is -2.08. The quantitative estimate of drug-likeness (QED) is 0.525. The minimum atomic E-state index is -0.654. The minimum Gasteiger partial charge on any atom is -0.481 e. The summed E-state index contributed by atoms with van der Waals surface area (Å²) in [7, 11) is 0. The van der Waals surface area contributed by atoms with E-state index in [1.807, 2.05) is 0 Å². The van der Waals surface area contributed by atoms with Crippen LogP contribution in [0.4, 0.5) is 0 Å². The molecule has 0 amide bonds. The van der Waals surface area contributed by atoms with E-state index >= 15 is 0 Å². The van der Waals surface area contributed by atoms with Gasteiger partial charge in [0.05, 0.1) is 5.92 Å². The molecule has 0 bridgehead atoms. The third-order valence-electron chi connectivity index (χ3n) is 3.34. The Balaban J connectivity index is 3.11. The zero-order valence-corrected chi connectivity index (χ0v) is 11.9. The highest BCUT2D eigenvalue weighted by Crippen LogP contribution is 2.14. The van der Waals surface area contributed by atoms with Gasteiger partial charge >= 0.3 is 5.97 Å². The third-order valence-corrected chi connectivity index (χ3v) is 3.34. The third kappa shape index (κ3) is 11.7. The van der Waals surface area contributed by atoms with Crippen LogP contribution in [0.1, 0.15) is 78.6 Å². The number of carboxylic acid groups (broad SMARTS) is 1. The highest BCUT2D eigenvalue weighted by atomic mass is 16.4. The van der Waals surface area contributed by atoms with Crippen LogP contribution in [0, 0.1) is 11.8 Å². The Kier molecular flexibility index (Phi) is 10.3. The molecule has 0 spiro atoms. The second kappa shape index (κ2) is 10.6. The molecule has 17 heavy (non-hydrogen) atoms. The standard InChI is InChI=1S/C15H30O2/c1-13(2)11-9-7-5-4-6-8-10-12-14(3)15(16)17/h13-14H,4-12H2,1-3H3,(H,16,17). The van der Waals surface area contributed by atoms with Crippen molar-refractivity contribution in [2.45, 2.75) is 78.6 Å². The fraction of sp³-hybridized carbons (Fsp3) is 0.933. The summed E-state index contributed by atoms with van der Waals surface area (Å²) in [4.78, 5) is 10.6. The molecule has 0 rings (SSSR count). The molecule has 0 fully saturated rings. The van der Waals surface area contributed by atoms with Crippen LogP contribution in [0.3, 0.4) is 0 Å². The van der Waals surface area contributed by atoms with Crippen LogP contribution >= 0.6 is 0 Å². The molecule has 0 aromatic rings. The summed E-state index contributed by atoms with van der Waals surface area (Å²) in [6.45, 7) is 6.36. The maximum Gasteiger partial charge on any atom is 0.306 e. The monoisotopic (exact) mass is 242 g/mol. The Hall–Kier alpha value is -0.530. The summed E-state index contributed by atoms with van der Waals surface area (Å²) in [6.07, 6.45) is 11.1. The van der Waals surface area contributed by atoms with Crippen molar-refractivity contribution in [2.24, 2.45) is 11.8 Å². The van der Waals surface area contributed by atoms with Gasteiger partial charge in [-0.05, 0) is 12.3 Å². The molecule has 1 unspecified atom stereocenters. The number of rotatable bonds is 11. The van der Waals surface area contributed by atoms with Gasteiger partial charge in [0.15, 0.2) is 0 Å². The van der Waals surface area contributed by atoms with Gasteiger partial charge in [0.2, 0.25) is 0 Å². The van der Waals surface area contributed by atoms with E-state index in [1.54, 1.807) is 6.92 Å². The van der Waals surface area contributed by atoms with Crippen molar-refractivity contribution in [3.8, 4) is 0 Å². The van der Waals surface area contributed by atoms with Crippen LogP contribution in [0.5, 0.6) is 0 Å². The van der Waals surface area contributed by atoms with Crippen LogP contribution in [-0.2, 0) is 4.79 Å². The number of aliphatic carboxylic acids is 1. The maximum absolute atomic E-state index is 10.6. The van der Waals surface area contributed by atoms with Gasteiger partial charge in [-0.2, -0.15) is 0 Å². The van der Waals surface area contributed by atoms with E-state index in [2.05, 4.69) is 13.8 Å². The van der Waals surface area contributed by atoms with Gasteiger partial charge in [-0.1, -0.05) is 72.1 Å². The topological polar surface area (TPSA) is 37.3 Å². The Morgan fingerprint density at radius 3 is 1.65 bits per heavy atom. The fourth-order valence-corrected chi connectivity index (χ4v) is 2.01. The van der Waals surface area contributed by atoms with Gasteiger partial charge in [0.1, 0.15) is 0 Å². The molecule has 0 saturated heterocycles. The Morgan fingerprint density at radius 1 is 0.824 bits per heavy atom. The lowest BCUT2D eigenvalue weighted by molar-refractivity contribution is -0.141. The minimum absolute atomic E-state index is 0.166. The molecule has 0 aliphatic carbocycles. The summed E-state index contributed by atoms with van der Waals surface area (Å²) in [6, 6.07) is 0. The van der Waals surface area contributed by atoms with Crippen molar-refractivity contribution in [2.75, 3.05) is 0 Å². The average Bonchev–Trinajstić information content (AvgIpc) is 2.25. The first-order valence-corrected chi connectivity index (χ1v) is 7.26. The van der Waals surface area contributed by atoms with Gasteiger partial charge in [0.25, 0.3) is 0 Å². The van der Waals surface area contributed by atoms with E-state index in [0.29, 0.717) is 0 Å². The summed E-state index contributed by atoms with van der Waals surface area (Å²) in [5.74, 6) is 0.0206. The summed E-state index contributed by atoms with van der Waals surface area (Å²) < 4.78 is 0. The number of carbonyl (C=O) groups is 1. The molecule has 0 aromatic carbocycles. The number of carboxylic acids is 1. The fourth-order valence-electron chi connectivity index (χ4n) is 2.01. The smallest absolute Gasteiger partial charge is 0.306 e. The van der Waals surface area contributed by atoms with Gasteiger partial charge in [-0.15, -0.1) is 0 Å². The highest BCUT2D eigenvalue weighted by Gasteiger charge is 2.09. The first-order chi connectivity index (χ1) is 8.04. The van der Waals surface area contributed by atoms with E-state index in [4.69, 9.17) is 5.11 Å². The zero-order chi connectivity index (χ0) is 13.1. The predicted molar refractivity (Wildman–Crippen MR) is 73.2 cm³/mol. The van der Waals surface area contributed by atoms with Crippen LogP contribution in [-0.4, -0.2) is 11.1 Å². The zero-order valence-electron chi connectivity index (χ0n) is 11.9. The van der Waals surface area contributed by atoms with Crippen molar-refractivity contribution >= 4 is 5.97 Å². The molecule has 0 heterocycles. The van der Waals surface area contributed by atoms with E-state index in [1.165, 1.54) is 44.9 Å². The largest absolute Gasteiger partial charge is 0.481 e. The summed E-state index contributed by atoms with van der Waals surface area (Å²) in [5.41, 5.74) is 0.